The van der Waals surface area contributed by atoms with E-state index >= 15 is 0 Å². The van der Waals surface area contributed by atoms with Crippen LogP contribution in [0.1, 0.15) is 47.3 Å². The molecular weight excluding hydrogens is 233 g/mol. The van der Waals surface area contributed by atoms with Crippen LogP contribution in [0.15, 0.2) is 12.1 Å². The van der Waals surface area contributed by atoms with E-state index in [9.17, 15) is 9.18 Å². The van der Waals surface area contributed by atoms with Crippen molar-refractivity contribution < 1.29 is 14.3 Å². The molecular formula is C14H16FNO2. The van der Waals surface area contributed by atoms with Gasteiger partial charge in [0.15, 0.2) is 0 Å². The highest BCUT2D eigenvalue weighted by atomic mass is 19.1. The van der Waals surface area contributed by atoms with Crippen molar-refractivity contribution in [1.82, 2.24) is 4.90 Å². The SMILES string of the molecule is C[C@@H]1CC[C@H]2c3c(F)cc(C(=O)O)cc3CCN12. The lowest BCUT2D eigenvalue weighted by molar-refractivity contribution is 0.0695. The molecule has 4 heteroatoms. The molecule has 1 aromatic rings. The van der Waals surface area contributed by atoms with Crippen LogP contribution in [0.4, 0.5) is 4.39 Å². The Labute approximate surface area is 105 Å². The normalized spacial score (nSPS) is 26.8. The summed E-state index contributed by atoms with van der Waals surface area (Å²) in [5.74, 6) is -1.41. The zero-order valence-electron chi connectivity index (χ0n) is 10.3. The van der Waals surface area contributed by atoms with Gasteiger partial charge in [-0.3, -0.25) is 4.90 Å². The maximum Gasteiger partial charge on any atom is 0.335 e. The van der Waals surface area contributed by atoms with Gasteiger partial charge in [0, 0.05) is 24.2 Å². The molecule has 2 atom stereocenters. The molecule has 0 unspecified atom stereocenters. The molecule has 0 amide bonds. The number of carboxylic acid groups (broad SMARTS) is 1. The van der Waals surface area contributed by atoms with E-state index in [4.69, 9.17) is 5.11 Å². The summed E-state index contributed by atoms with van der Waals surface area (Å²) in [4.78, 5) is 13.3. The molecule has 2 aliphatic rings. The highest BCUT2D eigenvalue weighted by Gasteiger charge is 2.37. The van der Waals surface area contributed by atoms with Crippen LogP contribution in [-0.2, 0) is 6.42 Å². The minimum atomic E-state index is -1.06. The van der Waals surface area contributed by atoms with E-state index in [0.29, 0.717) is 6.04 Å². The van der Waals surface area contributed by atoms with E-state index in [1.807, 2.05) is 0 Å². The predicted octanol–water partition coefficient (Wildman–Crippen LogP) is 2.61. The van der Waals surface area contributed by atoms with Crippen molar-refractivity contribution in [2.75, 3.05) is 6.54 Å². The molecule has 1 N–H and O–H groups in total. The summed E-state index contributed by atoms with van der Waals surface area (Å²) in [5.41, 5.74) is 1.67. The largest absolute Gasteiger partial charge is 0.478 e. The Morgan fingerprint density at radius 1 is 1.44 bits per heavy atom. The zero-order valence-corrected chi connectivity index (χ0v) is 10.3. The van der Waals surface area contributed by atoms with Crippen molar-refractivity contribution in [1.29, 1.82) is 0 Å². The lowest BCUT2D eigenvalue weighted by Gasteiger charge is -2.34. The lowest BCUT2D eigenvalue weighted by atomic mass is 9.90. The molecule has 0 bridgehead atoms. The second-order valence-corrected chi connectivity index (χ2v) is 5.27. The average molecular weight is 249 g/mol. The fourth-order valence-electron chi connectivity index (χ4n) is 3.35. The van der Waals surface area contributed by atoms with E-state index in [1.54, 1.807) is 6.07 Å². The number of hydrogen-bond donors (Lipinski definition) is 1. The first-order chi connectivity index (χ1) is 8.58. The van der Waals surface area contributed by atoms with Crippen LogP contribution < -0.4 is 0 Å². The van der Waals surface area contributed by atoms with Crippen molar-refractivity contribution in [2.45, 2.75) is 38.3 Å². The Balaban J connectivity index is 2.08. The Hall–Kier alpha value is -1.42. The number of halogens is 1. The smallest absolute Gasteiger partial charge is 0.335 e. The van der Waals surface area contributed by atoms with Crippen LogP contribution in [0.3, 0.4) is 0 Å². The summed E-state index contributed by atoms with van der Waals surface area (Å²) in [6.45, 7) is 3.08. The van der Waals surface area contributed by atoms with Crippen LogP contribution in [0.2, 0.25) is 0 Å². The van der Waals surface area contributed by atoms with Gasteiger partial charge >= 0.3 is 5.97 Å². The number of fused-ring (bicyclic) bond motifs is 3. The predicted molar refractivity (Wildman–Crippen MR) is 65.2 cm³/mol. The van der Waals surface area contributed by atoms with Gasteiger partial charge < -0.3 is 5.11 Å². The van der Waals surface area contributed by atoms with Gasteiger partial charge in [-0.05, 0) is 43.9 Å². The van der Waals surface area contributed by atoms with Crippen LogP contribution in [0.25, 0.3) is 0 Å². The van der Waals surface area contributed by atoms with Crippen molar-refractivity contribution in [3.63, 3.8) is 0 Å². The molecule has 0 aliphatic carbocycles. The van der Waals surface area contributed by atoms with Gasteiger partial charge in [-0.15, -0.1) is 0 Å². The number of rotatable bonds is 1. The molecule has 2 aliphatic heterocycles. The first-order valence-electron chi connectivity index (χ1n) is 6.39. The highest BCUT2D eigenvalue weighted by molar-refractivity contribution is 5.88. The summed E-state index contributed by atoms with van der Waals surface area (Å²) in [6.07, 6.45) is 2.80. The number of aromatic carboxylic acids is 1. The number of hydrogen-bond acceptors (Lipinski definition) is 2. The first kappa shape index (κ1) is 11.7. The van der Waals surface area contributed by atoms with Gasteiger partial charge in [0.05, 0.1) is 5.56 Å². The average Bonchev–Trinajstić information content (AvgIpc) is 2.70. The van der Waals surface area contributed by atoms with Crippen LogP contribution in [-0.4, -0.2) is 28.6 Å². The second kappa shape index (κ2) is 4.05. The fourth-order valence-corrected chi connectivity index (χ4v) is 3.35. The number of carboxylic acids is 1. The van der Waals surface area contributed by atoms with E-state index in [2.05, 4.69) is 11.8 Å². The van der Waals surface area contributed by atoms with Crippen molar-refractivity contribution in [2.24, 2.45) is 0 Å². The van der Waals surface area contributed by atoms with Crippen molar-refractivity contribution >= 4 is 5.97 Å². The van der Waals surface area contributed by atoms with Crippen LogP contribution >= 0.6 is 0 Å². The Kier molecular flexibility index (Phi) is 2.63. The van der Waals surface area contributed by atoms with Crippen molar-refractivity contribution in [3.05, 3.63) is 34.6 Å². The minimum Gasteiger partial charge on any atom is -0.478 e. The molecule has 18 heavy (non-hydrogen) atoms. The topological polar surface area (TPSA) is 40.5 Å². The summed E-state index contributed by atoms with van der Waals surface area (Å²) in [7, 11) is 0. The van der Waals surface area contributed by atoms with Gasteiger partial charge in [-0.2, -0.15) is 0 Å². The van der Waals surface area contributed by atoms with Crippen molar-refractivity contribution in [3.8, 4) is 0 Å². The van der Waals surface area contributed by atoms with E-state index in [0.717, 1.165) is 43.0 Å². The molecule has 0 spiro atoms. The van der Waals surface area contributed by atoms with Gasteiger partial charge in [0.1, 0.15) is 5.82 Å². The molecule has 2 heterocycles. The minimum absolute atomic E-state index is 0.0609. The van der Waals surface area contributed by atoms with Crippen LogP contribution in [0, 0.1) is 5.82 Å². The maximum atomic E-state index is 14.2. The van der Waals surface area contributed by atoms with Gasteiger partial charge in [-0.25, -0.2) is 9.18 Å². The third-order valence-corrected chi connectivity index (χ3v) is 4.26. The first-order valence-corrected chi connectivity index (χ1v) is 6.39. The summed E-state index contributed by atoms with van der Waals surface area (Å²) in [6, 6.07) is 3.45. The molecule has 3 nitrogen and oxygen atoms in total. The monoisotopic (exact) mass is 249 g/mol. The molecule has 0 radical (unpaired) electrons. The number of nitrogens with zero attached hydrogens (tertiary/aromatic N) is 1. The lowest BCUT2D eigenvalue weighted by Crippen LogP contribution is -2.36. The Morgan fingerprint density at radius 3 is 2.94 bits per heavy atom. The van der Waals surface area contributed by atoms with E-state index in [1.165, 1.54) is 0 Å². The molecule has 1 aromatic carbocycles. The molecule has 1 saturated heterocycles. The molecule has 96 valence electrons. The summed E-state index contributed by atoms with van der Waals surface area (Å²) in [5, 5.41) is 8.96. The third kappa shape index (κ3) is 1.63. The van der Waals surface area contributed by atoms with E-state index < -0.39 is 5.97 Å². The van der Waals surface area contributed by atoms with Gasteiger partial charge in [0.2, 0.25) is 0 Å². The quantitative estimate of drug-likeness (QED) is 0.831. The molecule has 1 fully saturated rings. The standard InChI is InChI=1S/C14H16FNO2/c1-8-2-3-12-13-9(4-5-16(8)12)6-10(14(17)18)7-11(13)15/h6-8,12H,2-5H2,1H3,(H,17,18)/t8-,12+/m1/s1. The van der Waals surface area contributed by atoms with E-state index in [-0.39, 0.29) is 17.4 Å². The number of carbonyl (C=O) groups is 1. The number of benzene rings is 1. The summed E-state index contributed by atoms with van der Waals surface area (Å²) >= 11 is 0. The summed E-state index contributed by atoms with van der Waals surface area (Å²) < 4.78 is 14.2. The molecule has 3 rings (SSSR count). The van der Waals surface area contributed by atoms with Gasteiger partial charge in [-0.1, -0.05) is 0 Å². The second-order valence-electron chi connectivity index (χ2n) is 5.27. The molecule has 0 saturated carbocycles. The Morgan fingerprint density at radius 2 is 2.22 bits per heavy atom. The maximum absolute atomic E-state index is 14.2. The molecule has 0 aromatic heterocycles. The highest BCUT2D eigenvalue weighted by Crippen LogP contribution is 2.42. The van der Waals surface area contributed by atoms with Gasteiger partial charge in [0.25, 0.3) is 0 Å². The fraction of sp³-hybridized carbons (Fsp3) is 0.500. The third-order valence-electron chi connectivity index (χ3n) is 4.26. The zero-order chi connectivity index (χ0) is 12.9. The Bertz CT molecular complexity index is 515. The van der Waals surface area contributed by atoms with Crippen LogP contribution in [0.5, 0.6) is 0 Å².